The summed E-state index contributed by atoms with van der Waals surface area (Å²) in [5.74, 6) is 0.841. The second kappa shape index (κ2) is 6.28. The van der Waals surface area contributed by atoms with E-state index in [4.69, 9.17) is 4.42 Å². The van der Waals surface area contributed by atoms with Crippen molar-refractivity contribution in [2.45, 2.75) is 32.9 Å². The highest BCUT2D eigenvalue weighted by Crippen LogP contribution is 2.22. The van der Waals surface area contributed by atoms with Gasteiger partial charge in [-0.3, -0.25) is 9.59 Å². The number of furan rings is 1. The predicted octanol–water partition coefficient (Wildman–Crippen LogP) is 2.04. The average molecular weight is 316 g/mol. The van der Waals surface area contributed by atoms with Crippen molar-refractivity contribution in [3.63, 3.8) is 0 Å². The molecule has 1 aliphatic heterocycles. The van der Waals surface area contributed by atoms with Crippen molar-refractivity contribution >= 4 is 17.6 Å². The number of carbonyl (C=O) groups excluding carboxylic acids is 2. The highest BCUT2D eigenvalue weighted by Gasteiger charge is 2.35. The lowest BCUT2D eigenvalue weighted by Gasteiger charge is -2.16. The van der Waals surface area contributed by atoms with E-state index in [0.717, 1.165) is 5.76 Å². The van der Waals surface area contributed by atoms with Crippen LogP contribution in [0, 0.1) is 5.92 Å². The average Bonchev–Trinajstić information content (AvgIpc) is 3.21. The van der Waals surface area contributed by atoms with Crippen LogP contribution in [0.4, 0.5) is 5.82 Å². The fourth-order valence-corrected chi connectivity index (χ4v) is 2.74. The van der Waals surface area contributed by atoms with Crippen LogP contribution in [0.1, 0.15) is 32.1 Å². The Labute approximate surface area is 134 Å². The van der Waals surface area contributed by atoms with E-state index in [9.17, 15) is 9.59 Å². The number of aromatic nitrogens is 2. The van der Waals surface area contributed by atoms with Gasteiger partial charge < -0.3 is 14.6 Å². The van der Waals surface area contributed by atoms with Crippen LogP contribution in [0.15, 0.2) is 35.1 Å². The molecule has 3 rings (SSSR count). The summed E-state index contributed by atoms with van der Waals surface area (Å²) in [6, 6.07) is 5.52. The monoisotopic (exact) mass is 316 g/mol. The van der Waals surface area contributed by atoms with Crippen molar-refractivity contribution in [2.24, 2.45) is 5.92 Å². The van der Waals surface area contributed by atoms with E-state index in [-0.39, 0.29) is 30.2 Å². The second-order valence-electron chi connectivity index (χ2n) is 6.00. The van der Waals surface area contributed by atoms with Crippen molar-refractivity contribution in [1.29, 1.82) is 0 Å². The largest absolute Gasteiger partial charge is 0.467 e. The van der Waals surface area contributed by atoms with Gasteiger partial charge in [0.1, 0.15) is 11.6 Å². The zero-order valence-corrected chi connectivity index (χ0v) is 13.2. The first-order valence-electron chi connectivity index (χ1n) is 7.69. The highest BCUT2D eigenvalue weighted by molar-refractivity contribution is 5.96. The first-order chi connectivity index (χ1) is 11.0. The van der Waals surface area contributed by atoms with Gasteiger partial charge in [0.25, 0.3) is 0 Å². The number of amides is 2. The number of likely N-dealkylation sites (tertiary alicyclic amines) is 1. The van der Waals surface area contributed by atoms with E-state index in [0.29, 0.717) is 18.9 Å². The molecule has 0 saturated carbocycles. The smallest absolute Gasteiger partial charge is 0.230 e. The minimum absolute atomic E-state index is 0.0288. The molecule has 23 heavy (non-hydrogen) atoms. The lowest BCUT2D eigenvalue weighted by molar-refractivity contribution is -0.128. The quantitative estimate of drug-likeness (QED) is 0.915. The molecule has 0 radical (unpaired) electrons. The standard InChI is InChI=1S/C16H20N4O3/c1-11(2)20-14(5-6-17-20)18-16(22)12-8-15(21)19(9-12)10-13-4-3-7-23-13/h3-7,11-12H,8-10H2,1-2H3,(H,18,22). The van der Waals surface area contributed by atoms with Gasteiger partial charge in [-0.25, -0.2) is 4.68 Å². The molecule has 1 atom stereocenters. The van der Waals surface area contributed by atoms with Crippen LogP contribution in [-0.2, 0) is 16.1 Å². The second-order valence-corrected chi connectivity index (χ2v) is 6.00. The lowest BCUT2D eigenvalue weighted by Crippen LogP contribution is -2.28. The summed E-state index contributed by atoms with van der Waals surface area (Å²) in [5, 5.41) is 7.06. The molecular formula is C16H20N4O3. The molecule has 0 bridgehead atoms. The molecule has 1 unspecified atom stereocenters. The van der Waals surface area contributed by atoms with Crippen LogP contribution in [0.2, 0.25) is 0 Å². The molecule has 7 nitrogen and oxygen atoms in total. The topological polar surface area (TPSA) is 80.4 Å². The van der Waals surface area contributed by atoms with Gasteiger partial charge in [0.05, 0.1) is 24.9 Å². The van der Waals surface area contributed by atoms with Gasteiger partial charge in [0.2, 0.25) is 11.8 Å². The fourth-order valence-electron chi connectivity index (χ4n) is 2.74. The minimum Gasteiger partial charge on any atom is -0.467 e. The third kappa shape index (κ3) is 3.28. The van der Waals surface area contributed by atoms with Gasteiger partial charge in [0, 0.05) is 25.1 Å². The number of hydrogen-bond donors (Lipinski definition) is 1. The van der Waals surface area contributed by atoms with Crippen molar-refractivity contribution in [3.05, 3.63) is 36.4 Å². The summed E-state index contributed by atoms with van der Waals surface area (Å²) in [7, 11) is 0. The number of carbonyl (C=O) groups is 2. The van der Waals surface area contributed by atoms with Crippen molar-refractivity contribution in [1.82, 2.24) is 14.7 Å². The summed E-state index contributed by atoms with van der Waals surface area (Å²) >= 11 is 0. The normalized spacial score (nSPS) is 18.0. The summed E-state index contributed by atoms with van der Waals surface area (Å²) < 4.78 is 7.01. The number of nitrogens with zero attached hydrogens (tertiary/aromatic N) is 3. The zero-order chi connectivity index (χ0) is 16.4. The van der Waals surface area contributed by atoms with Gasteiger partial charge in [-0.2, -0.15) is 5.10 Å². The molecule has 2 aromatic rings. The maximum atomic E-state index is 12.4. The number of anilines is 1. The Morgan fingerprint density at radius 3 is 3.00 bits per heavy atom. The maximum Gasteiger partial charge on any atom is 0.230 e. The van der Waals surface area contributed by atoms with E-state index in [1.165, 1.54) is 0 Å². The maximum absolute atomic E-state index is 12.4. The number of rotatable bonds is 5. The summed E-state index contributed by atoms with van der Waals surface area (Å²) in [4.78, 5) is 26.2. The molecule has 1 saturated heterocycles. The van der Waals surface area contributed by atoms with Crippen LogP contribution in [0.3, 0.4) is 0 Å². The van der Waals surface area contributed by atoms with E-state index in [1.54, 1.807) is 34.2 Å². The fraction of sp³-hybridized carbons (Fsp3) is 0.438. The van der Waals surface area contributed by atoms with Crippen LogP contribution >= 0.6 is 0 Å². The molecule has 2 aromatic heterocycles. The minimum atomic E-state index is -0.354. The van der Waals surface area contributed by atoms with Crippen molar-refractivity contribution < 1.29 is 14.0 Å². The van der Waals surface area contributed by atoms with Crippen LogP contribution in [-0.4, -0.2) is 33.0 Å². The Kier molecular flexibility index (Phi) is 4.18. The number of hydrogen-bond acceptors (Lipinski definition) is 4. The predicted molar refractivity (Wildman–Crippen MR) is 83.5 cm³/mol. The molecule has 0 spiro atoms. The van der Waals surface area contributed by atoms with Crippen molar-refractivity contribution in [2.75, 3.05) is 11.9 Å². The third-order valence-corrected chi connectivity index (χ3v) is 3.92. The molecule has 1 aliphatic rings. The van der Waals surface area contributed by atoms with Crippen molar-refractivity contribution in [3.8, 4) is 0 Å². The van der Waals surface area contributed by atoms with Gasteiger partial charge in [-0.1, -0.05) is 0 Å². The van der Waals surface area contributed by atoms with E-state index >= 15 is 0 Å². The Balaban J connectivity index is 1.62. The Morgan fingerprint density at radius 2 is 2.30 bits per heavy atom. The van der Waals surface area contributed by atoms with Gasteiger partial charge in [-0.15, -0.1) is 0 Å². The first kappa shape index (κ1) is 15.3. The number of nitrogens with one attached hydrogen (secondary N) is 1. The third-order valence-electron chi connectivity index (χ3n) is 3.92. The molecule has 1 N–H and O–H groups in total. The molecule has 0 aromatic carbocycles. The molecule has 1 fully saturated rings. The summed E-state index contributed by atoms with van der Waals surface area (Å²) in [5.41, 5.74) is 0. The lowest BCUT2D eigenvalue weighted by atomic mass is 10.1. The van der Waals surface area contributed by atoms with Crippen LogP contribution in [0.5, 0.6) is 0 Å². The van der Waals surface area contributed by atoms with Crippen LogP contribution in [0.25, 0.3) is 0 Å². The first-order valence-corrected chi connectivity index (χ1v) is 7.69. The van der Waals surface area contributed by atoms with Gasteiger partial charge in [-0.05, 0) is 26.0 Å². The summed E-state index contributed by atoms with van der Waals surface area (Å²) in [6.45, 7) is 4.79. The Hall–Kier alpha value is -2.57. The highest BCUT2D eigenvalue weighted by atomic mass is 16.3. The zero-order valence-electron chi connectivity index (χ0n) is 13.2. The Morgan fingerprint density at radius 1 is 1.48 bits per heavy atom. The molecule has 3 heterocycles. The molecule has 7 heteroatoms. The SMILES string of the molecule is CC(C)n1nccc1NC(=O)C1CC(=O)N(Cc2ccco2)C1. The van der Waals surface area contributed by atoms with Gasteiger partial charge >= 0.3 is 0 Å². The van der Waals surface area contributed by atoms with E-state index < -0.39 is 0 Å². The summed E-state index contributed by atoms with van der Waals surface area (Å²) in [6.07, 6.45) is 3.45. The molecule has 122 valence electrons. The Bertz CT molecular complexity index is 690. The van der Waals surface area contributed by atoms with Crippen LogP contribution < -0.4 is 5.32 Å². The van der Waals surface area contributed by atoms with E-state index in [1.807, 2.05) is 19.9 Å². The molecular weight excluding hydrogens is 296 g/mol. The molecule has 0 aliphatic carbocycles. The van der Waals surface area contributed by atoms with Gasteiger partial charge in [0.15, 0.2) is 0 Å². The van der Waals surface area contributed by atoms with E-state index in [2.05, 4.69) is 10.4 Å². The molecule has 2 amide bonds.